The molecule has 1 aromatic heterocycles. The molecule has 0 aliphatic heterocycles. The summed E-state index contributed by atoms with van der Waals surface area (Å²) in [4.78, 5) is 19.7. The van der Waals surface area contributed by atoms with Crippen LogP contribution in [-0.2, 0) is 6.42 Å². The lowest BCUT2D eigenvalue weighted by molar-refractivity contribution is 0.0996. The number of aromatic nitrogens is 1. The summed E-state index contributed by atoms with van der Waals surface area (Å²) < 4.78 is 0. The van der Waals surface area contributed by atoms with Gasteiger partial charge in [0.2, 0.25) is 0 Å². The van der Waals surface area contributed by atoms with Crippen molar-refractivity contribution in [1.82, 2.24) is 4.98 Å². The number of para-hydroxylation sites is 1. The number of benzene rings is 2. The lowest BCUT2D eigenvalue weighted by atomic mass is 10.2. The summed E-state index contributed by atoms with van der Waals surface area (Å²) in [6.45, 7) is 1.90. The minimum Gasteiger partial charge on any atom is -0.311 e. The van der Waals surface area contributed by atoms with Gasteiger partial charge in [-0.2, -0.15) is 0 Å². The predicted molar refractivity (Wildman–Crippen MR) is 95.3 cm³/mol. The number of carbonyl (C=O) groups excluding carboxylic acids is 1. The highest BCUT2D eigenvalue weighted by molar-refractivity contribution is 7.14. The molecular weight excluding hydrogens is 304 g/mol. The van der Waals surface area contributed by atoms with Gasteiger partial charge in [-0.3, -0.25) is 4.79 Å². The van der Waals surface area contributed by atoms with Crippen LogP contribution < -0.4 is 4.90 Å². The maximum atomic E-state index is 12.7. The van der Waals surface area contributed by atoms with E-state index in [0.29, 0.717) is 4.88 Å². The zero-order valence-corrected chi connectivity index (χ0v) is 14.0. The number of thiazole rings is 1. The van der Waals surface area contributed by atoms with E-state index < -0.39 is 0 Å². The van der Waals surface area contributed by atoms with Crippen molar-refractivity contribution in [1.29, 1.82) is 0 Å². The summed E-state index contributed by atoms with van der Waals surface area (Å²) >= 11 is 1.48. The van der Waals surface area contributed by atoms with Crippen molar-refractivity contribution in [2.45, 2.75) is 13.3 Å². The van der Waals surface area contributed by atoms with Crippen molar-refractivity contribution in [2.24, 2.45) is 0 Å². The van der Waals surface area contributed by atoms with E-state index in [0.717, 1.165) is 22.8 Å². The summed E-state index contributed by atoms with van der Waals surface area (Å²) in [5.41, 5.74) is 2.89. The molecule has 3 nitrogen and oxygen atoms in total. The van der Waals surface area contributed by atoms with Crippen LogP contribution in [0.4, 0.5) is 5.69 Å². The average Bonchev–Trinajstić information content (AvgIpc) is 2.95. The van der Waals surface area contributed by atoms with Gasteiger partial charge in [-0.1, -0.05) is 48.5 Å². The molecule has 0 N–H and O–H groups in total. The second kappa shape index (κ2) is 6.75. The molecule has 1 heterocycles. The van der Waals surface area contributed by atoms with Gasteiger partial charge >= 0.3 is 0 Å². The van der Waals surface area contributed by atoms with Crippen molar-refractivity contribution < 1.29 is 4.79 Å². The Hall–Kier alpha value is -2.46. The third kappa shape index (κ3) is 3.48. The molecular formula is C19H18N2OS. The maximum Gasteiger partial charge on any atom is 0.270 e. The first-order valence-electron chi connectivity index (χ1n) is 7.48. The van der Waals surface area contributed by atoms with Crippen molar-refractivity contribution in [2.75, 3.05) is 11.9 Å². The fourth-order valence-corrected chi connectivity index (χ4v) is 3.49. The number of hydrogen-bond acceptors (Lipinski definition) is 3. The summed E-state index contributed by atoms with van der Waals surface area (Å²) in [7, 11) is 1.80. The molecule has 23 heavy (non-hydrogen) atoms. The standard InChI is InChI=1S/C19H18N2OS/c1-14-18(19(22)21(2)16-11-7-4-8-12-16)23-17(20-14)13-15-9-5-3-6-10-15/h3-12H,13H2,1-2H3. The van der Waals surface area contributed by atoms with E-state index >= 15 is 0 Å². The fraction of sp³-hybridized carbons (Fsp3) is 0.158. The Kier molecular flexibility index (Phi) is 4.53. The first-order valence-corrected chi connectivity index (χ1v) is 8.30. The van der Waals surface area contributed by atoms with Crippen LogP contribution in [0.25, 0.3) is 0 Å². The lowest BCUT2D eigenvalue weighted by Gasteiger charge is -2.16. The van der Waals surface area contributed by atoms with E-state index in [2.05, 4.69) is 17.1 Å². The molecule has 0 aliphatic carbocycles. The summed E-state index contributed by atoms with van der Waals surface area (Å²) in [6.07, 6.45) is 0.759. The SMILES string of the molecule is Cc1nc(Cc2ccccc2)sc1C(=O)N(C)c1ccccc1. The zero-order chi connectivity index (χ0) is 16.2. The second-order valence-corrected chi connectivity index (χ2v) is 6.47. The van der Waals surface area contributed by atoms with Gasteiger partial charge in [-0.25, -0.2) is 4.98 Å². The van der Waals surface area contributed by atoms with Crippen LogP contribution in [0.3, 0.4) is 0 Å². The molecule has 0 radical (unpaired) electrons. The highest BCUT2D eigenvalue weighted by Gasteiger charge is 2.20. The Balaban J connectivity index is 1.82. The zero-order valence-electron chi connectivity index (χ0n) is 13.2. The van der Waals surface area contributed by atoms with Gasteiger partial charge in [0.1, 0.15) is 4.88 Å². The van der Waals surface area contributed by atoms with E-state index in [9.17, 15) is 4.79 Å². The molecule has 3 aromatic rings. The number of aryl methyl sites for hydroxylation is 1. The molecule has 3 rings (SSSR count). The fourth-order valence-electron chi connectivity index (χ4n) is 2.42. The molecule has 4 heteroatoms. The molecule has 116 valence electrons. The maximum absolute atomic E-state index is 12.7. The minimum atomic E-state index is -0.00879. The number of hydrogen-bond donors (Lipinski definition) is 0. The third-order valence-corrected chi connectivity index (χ3v) is 4.83. The van der Waals surface area contributed by atoms with Crippen molar-refractivity contribution >= 4 is 22.9 Å². The lowest BCUT2D eigenvalue weighted by Crippen LogP contribution is -2.25. The molecule has 0 spiro atoms. The number of anilines is 1. The van der Waals surface area contributed by atoms with Gasteiger partial charge in [0, 0.05) is 19.2 Å². The molecule has 0 aliphatic rings. The van der Waals surface area contributed by atoms with E-state index in [4.69, 9.17) is 0 Å². The van der Waals surface area contributed by atoms with Gasteiger partial charge in [-0.15, -0.1) is 11.3 Å². The Morgan fingerprint density at radius 3 is 2.30 bits per heavy atom. The van der Waals surface area contributed by atoms with Crippen LogP contribution in [0.2, 0.25) is 0 Å². The molecule has 1 amide bonds. The Morgan fingerprint density at radius 2 is 1.65 bits per heavy atom. The molecule has 0 fully saturated rings. The normalized spacial score (nSPS) is 10.5. The van der Waals surface area contributed by atoms with Gasteiger partial charge < -0.3 is 4.90 Å². The predicted octanol–water partition coefficient (Wildman–Crippen LogP) is 4.32. The van der Waals surface area contributed by atoms with E-state index in [1.54, 1.807) is 11.9 Å². The first kappa shape index (κ1) is 15.4. The molecule has 0 saturated carbocycles. The number of amides is 1. The molecule has 2 aromatic carbocycles. The summed E-state index contributed by atoms with van der Waals surface area (Å²) in [6, 6.07) is 19.9. The highest BCUT2D eigenvalue weighted by atomic mass is 32.1. The molecule has 0 saturated heterocycles. The summed E-state index contributed by atoms with van der Waals surface area (Å²) in [5.74, 6) is -0.00879. The van der Waals surface area contributed by atoms with E-state index in [1.165, 1.54) is 16.9 Å². The number of rotatable bonds is 4. The number of carbonyl (C=O) groups is 1. The Bertz CT molecular complexity index is 797. The number of nitrogens with zero attached hydrogens (tertiary/aromatic N) is 2. The van der Waals surface area contributed by atoms with Crippen LogP contribution in [0, 0.1) is 6.92 Å². The quantitative estimate of drug-likeness (QED) is 0.717. The van der Waals surface area contributed by atoms with Crippen LogP contribution in [-0.4, -0.2) is 17.9 Å². The third-order valence-electron chi connectivity index (χ3n) is 3.68. The monoisotopic (exact) mass is 322 g/mol. The van der Waals surface area contributed by atoms with Crippen LogP contribution in [0.1, 0.15) is 25.9 Å². The highest BCUT2D eigenvalue weighted by Crippen LogP contribution is 2.24. The minimum absolute atomic E-state index is 0.00879. The van der Waals surface area contributed by atoms with Crippen LogP contribution in [0.5, 0.6) is 0 Å². The van der Waals surface area contributed by atoms with E-state index in [-0.39, 0.29) is 5.91 Å². The van der Waals surface area contributed by atoms with Crippen molar-refractivity contribution in [3.05, 3.63) is 81.8 Å². The van der Waals surface area contributed by atoms with Gasteiger partial charge in [0.25, 0.3) is 5.91 Å². The van der Waals surface area contributed by atoms with Crippen molar-refractivity contribution in [3.8, 4) is 0 Å². The Labute approximate surface area is 140 Å². The van der Waals surface area contributed by atoms with Crippen LogP contribution in [0.15, 0.2) is 60.7 Å². The molecule has 0 atom stereocenters. The van der Waals surface area contributed by atoms with Crippen LogP contribution >= 0.6 is 11.3 Å². The van der Waals surface area contributed by atoms with Gasteiger partial charge in [-0.05, 0) is 24.6 Å². The average molecular weight is 322 g/mol. The smallest absolute Gasteiger partial charge is 0.270 e. The molecule has 0 unspecified atom stereocenters. The largest absolute Gasteiger partial charge is 0.311 e. The van der Waals surface area contributed by atoms with Gasteiger partial charge in [0.05, 0.1) is 10.7 Å². The van der Waals surface area contributed by atoms with Gasteiger partial charge in [0.15, 0.2) is 0 Å². The topological polar surface area (TPSA) is 33.2 Å². The second-order valence-electron chi connectivity index (χ2n) is 5.38. The Morgan fingerprint density at radius 1 is 1.04 bits per heavy atom. The van der Waals surface area contributed by atoms with Crippen molar-refractivity contribution in [3.63, 3.8) is 0 Å². The van der Waals surface area contributed by atoms with E-state index in [1.807, 2.05) is 55.5 Å². The molecule has 0 bridgehead atoms. The summed E-state index contributed by atoms with van der Waals surface area (Å²) in [5, 5.41) is 0.971. The first-order chi connectivity index (χ1) is 11.1.